The number of aliphatic hydroxyl groups is 2. The standard InChI is InChI=1S/C40H67O10P/c1-4-5-19-27-36(41)29-22-17-18-23-30-37(42)28-21-14-11-12-15-24-31-39(43)48-33-38(34-49-51(45,46)47)50-40(44)32-25-16-10-8-6-7-9-13-20-26-35(2)3/h5,12,14-15,17-19,21-23,29-30,35-38,41-42H,4,6-11,13,16,20,24-28,31-34H2,1-3H3,(H2,45,46,47)/b15-12-,18-17-,19-5-,21-14-,29-22+,30-23+/t36-,37+,38-/m1/s1. The van der Waals surface area contributed by atoms with Crippen molar-refractivity contribution >= 4 is 19.8 Å². The maximum absolute atomic E-state index is 12.3. The first-order valence-electron chi connectivity index (χ1n) is 18.8. The number of unbranched alkanes of at least 4 members (excludes halogenated alkanes) is 8. The van der Waals surface area contributed by atoms with Crippen LogP contribution in [0.3, 0.4) is 0 Å². The van der Waals surface area contributed by atoms with Crippen LogP contribution in [-0.4, -0.2) is 63.5 Å². The monoisotopic (exact) mass is 738 g/mol. The van der Waals surface area contributed by atoms with Crippen LogP contribution in [0, 0.1) is 5.92 Å². The van der Waals surface area contributed by atoms with Gasteiger partial charge in [0.2, 0.25) is 0 Å². The summed E-state index contributed by atoms with van der Waals surface area (Å²) in [6.07, 6.45) is 34.3. The van der Waals surface area contributed by atoms with Crippen LogP contribution in [-0.2, 0) is 28.2 Å². The Hall–Kier alpha value is -2.59. The van der Waals surface area contributed by atoms with E-state index in [4.69, 9.17) is 19.3 Å². The Balaban J connectivity index is 4.25. The molecule has 0 saturated heterocycles. The number of aliphatic hydroxyl groups excluding tert-OH is 2. The van der Waals surface area contributed by atoms with E-state index < -0.39 is 44.7 Å². The van der Waals surface area contributed by atoms with Gasteiger partial charge in [-0.3, -0.25) is 14.1 Å². The smallest absolute Gasteiger partial charge is 0.462 e. The summed E-state index contributed by atoms with van der Waals surface area (Å²) >= 11 is 0. The molecule has 0 aliphatic carbocycles. The Bertz CT molecular complexity index is 1100. The van der Waals surface area contributed by atoms with Gasteiger partial charge in [0, 0.05) is 12.8 Å². The molecule has 51 heavy (non-hydrogen) atoms. The predicted molar refractivity (Wildman–Crippen MR) is 205 cm³/mol. The van der Waals surface area contributed by atoms with Gasteiger partial charge in [-0.1, -0.05) is 151 Å². The summed E-state index contributed by atoms with van der Waals surface area (Å²) in [4.78, 5) is 42.6. The molecule has 0 amide bonds. The Morgan fingerprint density at radius 3 is 1.78 bits per heavy atom. The first-order chi connectivity index (χ1) is 24.4. The van der Waals surface area contributed by atoms with Crippen molar-refractivity contribution < 1.29 is 48.2 Å². The van der Waals surface area contributed by atoms with E-state index in [0.717, 1.165) is 31.6 Å². The van der Waals surface area contributed by atoms with Crippen LogP contribution in [0.2, 0.25) is 0 Å². The molecular formula is C40H67O10P. The summed E-state index contributed by atoms with van der Waals surface area (Å²) in [6.45, 7) is 5.60. The molecule has 0 heterocycles. The van der Waals surface area contributed by atoms with Gasteiger partial charge in [0.25, 0.3) is 0 Å². The van der Waals surface area contributed by atoms with Crippen LogP contribution in [0.15, 0.2) is 72.9 Å². The lowest BCUT2D eigenvalue weighted by molar-refractivity contribution is -0.161. The highest BCUT2D eigenvalue weighted by Gasteiger charge is 2.22. The summed E-state index contributed by atoms with van der Waals surface area (Å²) in [5.41, 5.74) is 0. The number of phosphoric acid groups is 1. The van der Waals surface area contributed by atoms with Gasteiger partial charge < -0.3 is 29.5 Å². The maximum Gasteiger partial charge on any atom is 0.469 e. The number of rotatable bonds is 32. The van der Waals surface area contributed by atoms with Gasteiger partial charge in [0.1, 0.15) is 6.61 Å². The molecule has 4 N–H and O–H groups in total. The van der Waals surface area contributed by atoms with E-state index in [9.17, 15) is 24.4 Å². The molecule has 10 nitrogen and oxygen atoms in total. The molecule has 292 valence electrons. The average Bonchev–Trinajstić information content (AvgIpc) is 3.07. The van der Waals surface area contributed by atoms with E-state index in [1.54, 1.807) is 36.5 Å². The fourth-order valence-corrected chi connectivity index (χ4v) is 5.12. The van der Waals surface area contributed by atoms with Crippen LogP contribution < -0.4 is 0 Å². The minimum Gasteiger partial charge on any atom is -0.462 e. The van der Waals surface area contributed by atoms with Gasteiger partial charge in [0.05, 0.1) is 18.8 Å². The SMILES string of the molecule is CC/C=C\C[C@@H](O)/C=C/C=C\C=C\[C@@H](O)C/C=C\C/C=C\CCC(=O)OC[C@H](COP(=O)(O)O)OC(=O)CCCCCCCCCCCC(C)C. The lowest BCUT2D eigenvalue weighted by atomic mass is 10.0. The molecule has 0 aromatic heterocycles. The molecule has 3 atom stereocenters. The predicted octanol–water partition coefficient (Wildman–Crippen LogP) is 8.92. The van der Waals surface area contributed by atoms with Gasteiger partial charge in [-0.15, -0.1) is 0 Å². The highest BCUT2D eigenvalue weighted by molar-refractivity contribution is 7.46. The van der Waals surface area contributed by atoms with Gasteiger partial charge in [0.15, 0.2) is 6.10 Å². The molecule has 0 radical (unpaired) electrons. The fraction of sp³-hybridized carbons (Fsp3) is 0.650. The molecule has 0 bridgehead atoms. The molecule has 0 aliphatic rings. The van der Waals surface area contributed by atoms with Crippen molar-refractivity contribution in [1.29, 1.82) is 0 Å². The molecule has 0 spiro atoms. The minimum absolute atomic E-state index is 0.0826. The highest BCUT2D eigenvalue weighted by atomic mass is 31.2. The zero-order valence-electron chi connectivity index (χ0n) is 31.4. The van der Waals surface area contributed by atoms with Crippen LogP contribution >= 0.6 is 7.82 Å². The third-order valence-electron chi connectivity index (χ3n) is 7.60. The van der Waals surface area contributed by atoms with Crippen molar-refractivity contribution in [3.05, 3.63) is 72.9 Å². The second kappa shape index (κ2) is 33.3. The van der Waals surface area contributed by atoms with E-state index >= 15 is 0 Å². The molecular weight excluding hydrogens is 671 g/mol. The lowest BCUT2D eigenvalue weighted by Gasteiger charge is -2.18. The Kier molecular flexibility index (Phi) is 31.6. The quantitative estimate of drug-likeness (QED) is 0.0173. The van der Waals surface area contributed by atoms with Crippen LogP contribution in [0.5, 0.6) is 0 Å². The van der Waals surface area contributed by atoms with Crippen LogP contribution in [0.25, 0.3) is 0 Å². The molecule has 0 aliphatic heterocycles. The fourth-order valence-electron chi connectivity index (χ4n) is 4.76. The molecule has 0 fully saturated rings. The van der Waals surface area contributed by atoms with Crippen LogP contribution in [0.1, 0.15) is 130 Å². The summed E-state index contributed by atoms with van der Waals surface area (Å²) in [7, 11) is -4.79. The van der Waals surface area contributed by atoms with Crippen LogP contribution in [0.4, 0.5) is 0 Å². The average molecular weight is 739 g/mol. The summed E-state index contributed by atoms with van der Waals surface area (Å²) in [5.74, 6) is -0.292. The zero-order valence-corrected chi connectivity index (χ0v) is 32.3. The second-order valence-corrected chi connectivity index (χ2v) is 14.3. The lowest BCUT2D eigenvalue weighted by Crippen LogP contribution is -2.29. The molecule has 0 unspecified atom stereocenters. The number of carbonyl (C=O) groups is 2. The van der Waals surface area contributed by atoms with Gasteiger partial charge in [-0.05, 0) is 44.4 Å². The number of hydrogen-bond acceptors (Lipinski definition) is 8. The summed E-state index contributed by atoms with van der Waals surface area (Å²) in [5, 5.41) is 19.9. The Morgan fingerprint density at radius 2 is 1.22 bits per heavy atom. The zero-order chi connectivity index (χ0) is 38.0. The van der Waals surface area contributed by atoms with E-state index in [-0.39, 0.29) is 19.4 Å². The minimum atomic E-state index is -4.79. The largest absolute Gasteiger partial charge is 0.469 e. The first-order valence-corrected chi connectivity index (χ1v) is 20.3. The second-order valence-electron chi connectivity index (χ2n) is 13.1. The van der Waals surface area contributed by atoms with E-state index in [2.05, 4.69) is 18.4 Å². The topological polar surface area (TPSA) is 160 Å². The number of esters is 2. The van der Waals surface area contributed by atoms with Crippen molar-refractivity contribution in [3.8, 4) is 0 Å². The molecule has 0 rings (SSSR count). The first kappa shape index (κ1) is 48.4. The van der Waals surface area contributed by atoms with Crippen molar-refractivity contribution in [2.75, 3.05) is 13.2 Å². The molecule has 0 saturated carbocycles. The van der Waals surface area contributed by atoms with E-state index in [1.165, 1.54) is 38.5 Å². The molecule has 11 heteroatoms. The number of allylic oxidation sites excluding steroid dienone is 8. The number of hydrogen-bond donors (Lipinski definition) is 4. The van der Waals surface area contributed by atoms with Gasteiger partial charge in [-0.25, -0.2) is 4.57 Å². The Labute approximate surface area is 307 Å². The van der Waals surface area contributed by atoms with Gasteiger partial charge in [-0.2, -0.15) is 0 Å². The van der Waals surface area contributed by atoms with Crippen molar-refractivity contribution in [2.45, 2.75) is 148 Å². The maximum atomic E-state index is 12.3. The number of carbonyl (C=O) groups excluding carboxylic acids is 2. The third-order valence-corrected chi connectivity index (χ3v) is 8.08. The van der Waals surface area contributed by atoms with E-state index in [0.29, 0.717) is 32.1 Å². The summed E-state index contributed by atoms with van der Waals surface area (Å²) in [6, 6.07) is 0. The highest BCUT2D eigenvalue weighted by Crippen LogP contribution is 2.36. The normalized spacial score (nSPS) is 14.7. The number of phosphoric ester groups is 1. The summed E-state index contributed by atoms with van der Waals surface area (Å²) < 4.78 is 26.2. The van der Waals surface area contributed by atoms with Gasteiger partial charge >= 0.3 is 19.8 Å². The molecule has 0 aromatic rings. The van der Waals surface area contributed by atoms with Crippen molar-refractivity contribution in [1.82, 2.24) is 0 Å². The number of ether oxygens (including phenoxy) is 2. The Morgan fingerprint density at radius 1 is 0.667 bits per heavy atom. The third kappa shape index (κ3) is 37.0. The van der Waals surface area contributed by atoms with Crippen molar-refractivity contribution in [2.24, 2.45) is 5.92 Å². The van der Waals surface area contributed by atoms with E-state index in [1.807, 2.05) is 43.4 Å². The molecule has 0 aromatic carbocycles. The van der Waals surface area contributed by atoms with Crippen molar-refractivity contribution in [3.63, 3.8) is 0 Å².